The molecule has 3 amide bonds. The van der Waals surface area contributed by atoms with Gasteiger partial charge in [0.05, 0.1) is 20.1 Å². The van der Waals surface area contributed by atoms with Gasteiger partial charge in [0, 0.05) is 5.56 Å². The first-order valence-electron chi connectivity index (χ1n) is 6.56. The Morgan fingerprint density at radius 3 is 2.64 bits per heavy atom. The topological polar surface area (TPSA) is 93.7 Å². The van der Waals surface area contributed by atoms with Gasteiger partial charge in [-0.3, -0.25) is 14.9 Å². The van der Waals surface area contributed by atoms with Crippen LogP contribution in [0.2, 0.25) is 0 Å². The SMILES string of the molecule is CCOC(=O)CC1(c2cc(F)ccc2OC)NC(=O)NC1=O. The molecule has 7 nitrogen and oxygen atoms in total. The highest BCUT2D eigenvalue weighted by molar-refractivity contribution is 6.09. The molecular formula is C14H15FN2O5. The molecule has 22 heavy (non-hydrogen) atoms. The molecule has 0 radical (unpaired) electrons. The maximum absolute atomic E-state index is 13.6. The Hall–Kier alpha value is -2.64. The van der Waals surface area contributed by atoms with E-state index < -0.39 is 35.7 Å². The number of carbonyl (C=O) groups excluding carboxylic acids is 3. The van der Waals surface area contributed by atoms with E-state index in [1.807, 2.05) is 5.32 Å². The molecule has 1 heterocycles. The molecule has 1 aromatic rings. The summed E-state index contributed by atoms with van der Waals surface area (Å²) in [4.78, 5) is 35.6. The highest BCUT2D eigenvalue weighted by atomic mass is 19.1. The van der Waals surface area contributed by atoms with Crippen molar-refractivity contribution in [2.24, 2.45) is 0 Å². The fraction of sp³-hybridized carbons (Fsp3) is 0.357. The molecule has 2 N–H and O–H groups in total. The van der Waals surface area contributed by atoms with Gasteiger partial charge in [0.25, 0.3) is 5.91 Å². The third-order valence-electron chi connectivity index (χ3n) is 3.28. The van der Waals surface area contributed by atoms with E-state index in [2.05, 4.69) is 5.32 Å². The molecule has 0 aromatic heterocycles. The average Bonchev–Trinajstić information content (AvgIpc) is 2.74. The number of ether oxygens (including phenoxy) is 2. The Labute approximate surface area is 125 Å². The lowest BCUT2D eigenvalue weighted by molar-refractivity contribution is -0.147. The number of esters is 1. The molecule has 118 valence electrons. The van der Waals surface area contributed by atoms with Crippen LogP contribution in [0.5, 0.6) is 5.75 Å². The largest absolute Gasteiger partial charge is 0.496 e. The van der Waals surface area contributed by atoms with E-state index in [-0.39, 0.29) is 17.9 Å². The Morgan fingerprint density at radius 2 is 2.09 bits per heavy atom. The first kappa shape index (κ1) is 15.7. The summed E-state index contributed by atoms with van der Waals surface area (Å²) in [5.41, 5.74) is -1.72. The highest BCUT2D eigenvalue weighted by Gasteiger charge is 2.51. The van der Waals surface area contributed by atoms with Crippen LogP contribution in [0.25, 0.3) is 0 Å². The fourth-order valence-electron chi connectivity index (χ4n) is 2.34. The van der Waals surface area contributed by atoms with E-state index in [4.69, 9.17) is 9.47 Å². The lowest BCUT2D eigenvalue weighted by Gasteiger charge is -2.27. The zero-order chi connectivity index (χ0) is 16.3. The molecule has 1 saturated heterocycles. The van der Waals surface area contributed by atoms with Gasteiger partial charge in [0.2, 0.25) is 0 Å². The van der Waals surface area contributed by atoms with Gasteiger partial charge in [0.1, 0.15) is 11.6 Å². The summed E-state index contributed by atoms with van der Waals surface area (Å²) in [5.74, 6) is -1.93. The third-order valence-corrected chi connectivity index (χ3v) is 3.28. The van der Waals surface area contributed by atoms with Crippen molar-refractivity contribution in [3.63, 3.8) is 0 Å². The number of imide groups is 1. The molecule has 0 spiro atoms. The number of methoxy groups -OCH3 is 1. The van der Waals surface area contributed by atoms with E-state index in [1.54, 1.807) is 6.92 Å². The molecule has 0 bridgehead atoms. The molecule has 8 heteroatoms. The summed E-state index contributed by atoms with van der Waals surface area (Å²) in [6.45, 7) is 1.73. The predicted octanol–water partition coefficient (Wildman–Crippen LogP) is 0.822. The maximum Gasteiger partial charge on any atom is 0.322 e. The second-order valence-corrected chi connectivity index (χ2v) is 4.64. The normalized spacial score (nSPS) is 20.3. The van der Waals surface area contributed by atoms with Gasteiger partial charge in [-0.15, -0.1) is 0 Å². The van der Waals surface area contributed by atoms with Gasteiger partial charge < -0.3 is 14.8 Å². The number of halogens is 1. The molecule has 1 aliphatic rings. The zero-order valence-electron chi connectivity index (χ0n) is 12.1. The van der Waals surface area contributed by atoms with Gasteiger partial charge in [-0.25, -0.2) is 9.18 Å². The van der Waals surface area contributed by atoms with E-state index in [0.717, 1.165) is 12.1 Å². The second-order valence-electron chi connectivity index (χ2n) is 4.64. The Balaban J connectivity index is 2.54. The molecular weight excluding hydrogens is 295 g/mol. The van der Waals surface area contributed by atoms with Crippen LogP contribution in [-0.2, 0) is 19.9 Å². The molecule has 1 aliphatic heterocycles. The van der Waals surface area contributed by atoms with Crippen LogP contribution < -0.4 is 15.4 Å². The van der Waals surface area contributed by atoms with Crippen molar-refractivity contribution in [1.29, 1.82) is 0 Å². The van der Waals surface area contributed by atoms with Gasteiger partial charge >= 0.3 is 12.0 Å². The van der Waals surface area contributed by atoms with Crippen molar-refractivity contribution in [1.82, 2.24) is 10.6 Å². The monoisotopic (exact) mass is 310 g/mol. The van der Waals surface area contributed by atoms with Crippen LogP contribution in [-0.4, -0.2) is 31.6 Å². The number of rotatable bonds is 5. The van der Waals surface area contributed by atoms with Gasteiger partial charge in [0.15, 0.2) is 5.54 Å². The summed E-state index contributed by atoms with van der Waals surface area (Å²) in [6, 6.07) is 2.73. The summed E-state index contributed by atoms with van der Waals surface area (Å²) in [5, 5.41) is 4.43. The van der Waals surface area contributed by atoms with Crippen LogP contribution in [0.4, 0.5) is 9.18 Å². The second kappa shape index (κ2) is 6.00. The smallest absolute Gasteiger partial charge is 0.322 e. The van der Waals surface area contributed by atoms with Crippen molar-refractivity contribution < 1.29 is 28.2 Å². The number of hydrogen-bond donors (Lipinski definition) is 2. The first-order chi connectivity index (χ1) is 10.4. The lowest BCUT2D eigenvalue weighted by Crippen LogP contribution is -2.46. The molecule has 1 atom stereocenters. The lowest BCUT2D eigenvalue weighted by atomic mass is 9.86. The van der Waals surface area contributed by atoms with Crippen molar-refractivity contribution in [2.75, 3.05) is 13.7 Å². The maximum atomic E-state index is 13.6. The minimum atomic E-state index is -1.77. The molecule has 1 unspecified atom stereocenters. The Morgan fingerprint density at radius 1 is 1.36 bits per heavy atom. The summed E-state index contributed by atoms with van der Waals surface area (Å²) in [6.07, 6.45) is -0.474. The third kappa shape index (κ3) is 2.72. The minimum absolute atomic E-state index is 0.0476. The van der Waals surface area contributed by atoms with Crippen LogP contribution >= 0.6 is 0 Å². The molecule has 1 aromatic carbocycles. The highest BCUT2D eigenvalue weighted by Crippen LogP contribution is 2.36. The first-order valence-corrected chi connectivity index (χ1v) is 6.56. The van der Waals surface area contributed by atoms with Crippen LogP contribution in [0, 0.1) is 5.82 Å². The number of hydrogen-bond acceptors (Lipinski definition) is 5. The van der Waals surface area contributed by atoms with Crippen LogP contribution in [0.3, 0.4) is 0 Å². The summed E-state index contributed by atoms with van der Waals surface area (Å²) < 4.78 is 23.5. The van der Waals surface area contributed by atoms with Crippen molar-refractivity contribution >= 4 is 17.9 Å². The van der Waals surface area contributed by atoms with Crippen LogP contribution in [0.1, 0.15) is 18.9 Å². The van der Waals surface area contributed by atoms with Crippen molar-refractivity contribution in [2.45, 2.75) is 18.9 Å². The Kier molecular flexibility index (Phi) is 4.30. The molecule has 1 fully saturated rings. The van der Waals surface area contributed by atoms with Gasteiger partial charge in [-0.2, -0.15) is 0 Å². The number of urea groups is 1. The molecule has 0 aliphatic carbocycles. The number of carbonyl (C=O) groups is 3. The molecule has 0 saturated carbocycles. The average molecular weight is 310 g/mol. The van der Waals surface area contributed by atoms with E-state index in [1.165, 1.54) is 13.2 Å². The number of amides is 3. The number of benzene rings is 1. The van der Waals surface area contributed by atoms with Gasteiger partial charge in [-0.1, -0.05) is 0 Å². The van der Waals surface area contributed by atoms with Crippen molar-refractivity contribution in [3.05, 3.63) is 29.6 Å². The predicted molar refractivity (Wildman–Crippen MR) is 72.6 cm³/mol. The quantitative estimate of drug-likeness (QED) is 0.620. The minimum Gasteiger partial charge on any atom is -0.496 e. The van der Waals surface area contributed by atoms with E-state index in [9.17, 15) is 18.8 Å². The number of nitrogens with one attached hydrogen (secondary N) is 2. The Bertz CT molecular complexity index is 634. The van der Waals surface area contributed by atoms with Crippen molar-refractivity contribution in [3.8, 4) is 5.75 Å². The van der Waals surface area contributed by atoms with E-state index >= 15 is 0 Å². The van der Waals surface area contributed by atoms with Gasteiger partial charge in [-0.05, 0) is 25.1 Å². The summed E-state index contributed by atoms with van der Waals surface area (Å²) >= 11 is 0. The standard InChI is InChI=1S/C14H15FN2O5/c1-3-22-11(18)7-14(12(19)16-13(20)17-14)9-6-8(15)4-5-10(9)21-2/h4-6H,3,7H2,1-2H3,(H2,16,17,19,20). The zero-order valence-corrected chi connectivity index (χ0v) is 12.1. The van der Waals surface area contributed by atoms with Crippen LogP contribution in [0.15, 0.2) is 18.2 Å². The van der Waals surface area contributed by atoms with E-state index in [0.29, 0.717) is 0 Å². The molecule has 2 rings (SSSR count). The summed E-state index contributed by atoms with van der Waals surface area (Å²) in [7, 11) is 1.34. The fourth-order valence-corrected chi connectivity index (χ4v) is 2.34.